The topological polar surface area (TPSA) is 58.5 Å². The van der Waals surface area contributed by atoms with Crippen molar-refractivity contribution < 1.29 is 4.74 Å². The number of hydrogen-bond acceptors (Lipinski definition) is 4. The van der Waals surface area contributed by atoms with E-state index in [9.17, 15) is 0 Å². The van der Waals surface area contributed by atoms with E-state index >= 15 is 0 Å². The number of nitrogens with one attached hydrogen (secondary N) is 2. The van der Waals surface area contributed by atoms with E-state index in [1.165, 1.54) is 12.8 Å². The van der Waals surface area contributed by atoms with Gasteiger partial charge in [-0.05, 0) is 51.3 Å². The molecule has 1 heterocycles. The van der Waals surface area contributed by atoms with E-state index in [1.807, 2.05) is 24.0 Å². The maximum absolute atomic E-state index is 5.90. The highest BCUT2D eigenvalue weighted by atomic mass is 127. The zero-order valence-electron chi connectivity index (χ0n) is 15.7. The summed E-state index contributed by atoms with van der Waals surface area (Å²) < 4.78 is 6.07. The summed E-state index contributed by atoms with van der Waals surface area (Å²) in [5.41, 5.74) is 1.11. The third kappa shape index (κ3) is 8.02. The molecule has 7 heteroatoms. The third-order valence-corrected chi connectivity index (χ3v) is 5.55. The average molecular weight is 478 g/mol. The van der Waals surface area contributed by atoms with Crippen LogP contribution in [0.2, 0.25) is 0 Å². The lowest BCUT2D eigenvalue weighted by Crippen LogP contribution is -2.43. The molecule has 0 saturated heterocycles. The van der Waals surface area contributed by atoms with Crippen LogP contribution in [0.1, 0.15) is 45.1 Å². The van der Waals surface area contributed by atoms with Crippen molar-refractivity contribution in [3.05, 3.63) is 23.9 Å². The molecule has 0 aromatic carbocycles. The quantitative estimate of drug-likeness (QED) is 0.355. The van der Waals surface area contributed by atoms with Crippen molar-refractivity contribution in [1.82, 2.24) is 15.6 Å². The number of nitrogens with zero attached hydrogens (tertiary/aromatic N) is 2. The van der Waals surface area contributed by atoms with E-state index in [4.69, 9.17) is 4.74 Å². The predicted octanol–water partition coefficient (Wildman–Crippen LogP) is 3.83. The predicted molar refractivity (Wildman–Crippen MR) is 118 cm³/mol. The van der Waals surface area contributed by atoms with Crippen molar-refractivity contribution in [2.45, 2.75) is 56.9 Å². The van der Waals surface area contributed by atoms with Gasteiger partial charge in [0.2, 0.25) is 5.88 Å². The molecule has 25 heavy (non-hydrogen) atoms. The first-order valence-corrected chi connectivity index (χ1v) is 9.86. The number of hydrogen-bond donors (Lipinski definition) is 2. The first kappa shape index (κ1) is 22.3. The van der Waals surface area contributed by atoms with Crippen LogP contribution >= 0.6 is 35.7 Å². The molecule has 1 aromatic rings. The molecule has 1 aliphatic carbocycles. The van der Waals surface area contributed by atoms with Gasteiger partial charge in [0.15, 0.2) is 5.96 Å². The number of ether oxygens (including phenoxy) is 1. The minimum absolute atomic E-state index is 0. The number of guanidine groups is 1. The van der Waals surface area contributed by atoms with Gasteiger partial charge in [-0.25, -0.2) is 4.98 Å². The summed E-state index contributed by atoms with van der Waals surface area (Å²) in [4.78, 5) is 8.69. The highest BCUT2D eigenvalue weighted by Gasteiger charge is 2.17. The zero-order chi connectivity index (χ0) is 17.4. The second-order valence-corrected chi connectivity index (χ2v) is 8.29. The average Bonchev–Trinajstić information content (AvgIpc) is 3.09. The van der Waals surface area contributed by atoms with Crippen LogP contribution in [0.3, 0.4) is 0 Å². The number of aliphatic imine (C=N–C) groups is 1. The van der Waals surface area contributed by atoms with Crippen molar-refractivity contribution >= 4 is 41.7 Å². The van der Waals surface area contributed by atoms with E-state index in [0.29, 0.717) is 12.6 Å². The molecule has 142 valence electrons. The summed E-state index contributed by atoms with van der Waals surface area (Å²) in [6.45, 7) is 5.98. The first-order valence-electron chi connectivity index (χ1n) is 8.63. The normalized spacial score (nSPS) is 15.6. The maximum Gasteiger partial charge on any atom is 0.213 e. The highest BCUT2D eigenvalue weighted by molar-refractivity contribution is 14.0. The van der Waals surface area contributed by atoms with Crippen LogP contribution in [-0.2, 0) is 6.54 Å². The molecule has 1 aromatic heterocycles. The van der Waals surface area contributed by atoms with Crippen LogP contribution in [0.25, 0.3) is 0 Å². The van der Waals surface area contributed by atoms with E-state index in [1.54, 1.807) is 7.05 Å². The molecule has 1 saturated carbocycles. The summed E-state index contributed by atoms with van der Waals surface area (Å²) in [5.74, 6) is 1.54. The molecular weight excluding hydrogens is 447 g/mol. The molecule has 2 rings (SSSR count). The summed E-state index contributed by atoms with van der Waals surface area (Å²) in [7, 11) is 1.79. The van der Waals surface area contributed by atoms with Crippen molar-refractivity contribution in [3.8, 4) is 5.88 Å². The Kier molecular flexibility index (Phi) is 9.92. The lowest BCUT2D eigenvalue weighted by molar-refractivity contribution is 0.201. The Hall–Kier alpha value is -0.700. The number of rotatable bonds is 7. The number of aromatic nitrogens is 1. The highest BCUT2D eigenvalue weighted by Crippen LogP contribution is 2.23. The summed E-state index contributed by atoms with van der Waals surface area (Å²) in [6.07, 6.45) is 9.19. The van der Waals surface area contributed by atoms with Gasteiger partial charge in [0.1, 0.15) is 6.10 Å². The minimum Gasteiger partial charge on any atom is -0.474 e. The van der Waals surface area contributed by atoms with Crippen molar-refractivity contribution in [3.63, 3.8) is 0 Å². The molecule has 0 bridgehead atoms. The smallest absolute Gasteiger partial charge is 0.213 e. The molecule has 0 atom stereocenters. The fraction of sp³-hybridized carbons (Fsp3) is 0.667. The van der Waals surface area contributed by atoms with Crippen LogP contribution < -0.4 is 15.4 Å². The van der Waals surface area contributed by atoms with Crippen LogP contribution in [-0.4, -0.2) is 41.6 Å². The molecule has 5 nitrogen and oxygen atoms in total. The Morgan fingerprint density at radius 2 is 2.04 bits per heavy atom. The summed E-state index contributed by atoms with van der Waals surface area (Å²) >= 11 is 1.84. The van der Waals surface area contributed by atoms with Gasteiger partial charge in [-0.2, -0.15) is 11.8 Å². The fourth-order valence-corrected chi connectivity index (χ4v) is 2.75. The van der Waals surface area contributed by atoms with Gasteiger partial charge in [0.25, 0.3) is 0 Å². The summed E-state index contributed by atoms with van der Waals surface area (Å²) in [6, 6.07) is 4.02. The number of thioether (sulfide) groups is 1. The molecule has 0 radical (unpaired) electrons. The Bertz CT molecular complexity index is 530. The van der Waals surface area contributed by atoms with Crippen LogP contribution in [0.5, 0.6) is 5.88 Å². The molecular formula is C18H31IN4OS. The van der Waals surface area contributed by atoms with Crippen molar-refractivity contribution in [2.24, 2.45) is 4.99 Å². The second kappa shape index (κ2) is 11.1. The SMILES string of the molecule is CN=C(NCc1ccc(OC2CCCC2)nc1)NCC(C)(C)SC.I. The van der Waals surface area contributed by atoms with E-state index in [0.717, 1.165) is 36.8 Å². The standard InChI is InChI=1S/C18H30N4OS.HI/c1-18(2,24-4)13-22-17(19-3)21-12-14-9-10-16(20-11-14)23-15-7-5-6-8-15;/h9-11,15H,5-8,12-13H2,1-4H3,(H2,19,21,22);1H. The lowest BCUT2D eigenvalue weighted by atomic mass is 10.2. The summed E-state index contributed by atoms with van der Waals surface area (Å²) in [5, 5.41) is 6.69. The largest absolute Gasteiger partial charge is 0.474 e. The molecule has 0 amide bonds. The Morgan fingerprint density at radius 1 is 1.32 bits per heavy atom. The van der Waals surface area contributed by atoms with Crippen LogP contribution in [0.4, 0.5) is 0 Å². The van der Waals surface area contributed by atoms with Crippen LogP contribution in [0, 0.1) is 0 Å². The Balaban J connectivity index is 0.00000312. The van der Waals surface area contributed by atoms with Gasteiger partial charge in [-0.15, -0.1) is 24.0 Å². The number of pyridine rings is 1. The van der Waals surface area contributed by atoms with Gasteiger partial charge >= 0.3 is 0 Å². The Labute approximate surface area is 173 Å². The molecule has 0 unspecified atom stereocenters. The van der Waals surface area contributed by atoms with E-state index < -0.39 is 0 Å². The second-order valence-electron chi connectivity index (χ2n) is 6.77. The van der Waals surface area contributed by atoms with Gasteiger partial charge in [-0.3, -0.25) is 4.99 Å². The first-order chi connectivity index (χ1) is 11.5. The molecule has 1 fully saturated rings. The van der Waals surface area contributed by atoms with E-state index in [-0.39, 0.29) is 28.7 Å². The maximum atomic E-state index is 5.90. The molecule has 0 aliphatic heterocycles. The van der Waals surface area contributed by atoms with Gasteiger partial charge in [0, 0.05) is 37.1 Å². The van der Waals surface area contributed by atoms with Crippen molar-refractivity contribution in [1.29, 1.82) is 0 Å². The zero-order valence-corrected chi connectivity index (χ0v) is 18.8. The lowest BCUT2D eigenvalue weighted by Gasteiger charge is -2.23. The van der Waals surface area contributed by atoms with Gasteiger partial charge < -0.3 is 15.4 Å². The molecule has 1 aliphatic rings. The monoisotopic (exact) mass is 478 g/mol. The molecule has 2 N–H and O–H groups in total. The Morgan fingerprint density at radius 3 is 2.60 bits per heavy atom. The van der Waals surface area contributed by atoms with Gasteiger partial charge in [-0.1, -0.05) is 6.07 Å². The van der Waals surface area contributed by atoms with Gasteiger partial charge in [0.05, 0.1) is 0 Å². The van der Waals surface area contributed by atoms with E-state index in [2.05, 4.69) is 46.8 Å². The number of halogens is 1. The fourth-order valence-electron chi connectivity index (χ4n) is 2.54. The molecule has 0 spiro atoms. The van der Waals surface area contributed by atoms with Crippen LogP contribution in [0.15, 0.2) is 23.3 Å². The minimum atomic E-state index is 0. The van der Waals surface area contributed by atoms with Crippen molar-refractivity contribution in [2.75, 3.05) is 19.8 Å². The third-order valence-electron chi connectivity index (χ3n) is 4.30.